The van der Waals surface area contributed by atoms with Crippen molar-refractivity contribution in [3.63, 3.8) is 0 Å². The molecular weight excluding hydrogens is 324 g/mol. The van der Waals surface area contributed by atoms with Crippen LogP contribution < -0.4 is 0 Å². The molecule has 0 bridgehead atoms. The van der Waals surface area contributed by atoms with Gasteiger partial charge in [0, 0.05) is 18.1 Å². The van der Waals surface area contributed by atoms with Crippen molar-refractivity contribution in [3.05, 3.63) is 47.3 Å². The highest BCUT2D eigenvalue weighted by molar-refractivity contribution is 7.91. The lowest BCUT2D eigenvalue weighted by Crippen LogP contribution is -2.08. The van der Waals surface area contributed by atoms with Crippen LogP contribution in [0, 0.1) is 6.92 Å². The molecule has 1 unspecified atom stereocenters. The molecular formula is C18H22N2O3S. The van der Waals surface area contributed by atoms with Gasteiger partial charge in [-0.2, -0.15) is 0 Å². The van der Waals surface area contributed by atoms with Crippen molar-refractivity contribution < 1.29 is 13.8 Å². The third kappa shape index (κ3) is 4.61. The minimum Gasteiger partial charge on any atom is -0.611 e. The number of hydrogen-bond donors (Lipinski definition) is 0. The SMILES string of the molecule is Cc1cc(CCCCC[S+]([O-])c2ccc(C3=NCCO3)cc2)on1. The van der Waals surface area contributed by atoms with E-state index in [1.807, 2.05) is 37.3 Å². The standard InChI is InChI=1S/C18H22N2O3S/c1-14-13-16(23-20-14)5-3-2-4-12-24(21)17-8-6-15(7-9-17)18-19-10-11-22-18/h6-9,13H,2-5,10-12H2,1H3. The van der Waals surface area contributed by atoms with E-state index < -0.39 is 11.2 Å². The molecule has 0 N–H and O–H groups in total. The van der Waals surface area contributed by atoms with Crippen LogP contribution in [-0.4, -0.2) is 34.5 Å². The molecule has 1 aromatic carbocycles. The fraction of sp³-hybridized carbons (Fsp3) is 0.444. The Morgan fingerprint density at radius 3 is 2.67 bits per heavy atom. The smallest absolute Gasteiger partial charge is 0.216 e. The number of unbranched alkanes of at least 4 members (excludes halogenated alkanes) is 2. The zero-order valence-corrected chi connectivity index (χ0v) is 14.7. The van der Waals surface area contributed by atoms with Gasteiger partial charge >= 0.3 is 0 Å². The lowest BCUT2D eigenvalue weighted by molar-refractivity contribution is 0.348. The van der Waals surface area contributed by atoms with Gasteiger partial charge in [-0.05, 0) is 61.6 Å². The Balaban J connectivity index is 1.39. The van der Waals surface area contributed by atoms with E-state index in [1.54, 1.807) is 0 Å². The normalized spacial score (nSPS) is 15.2. The van der Waals surface area contributed by atoms with Gasteiger partial charge < -0.3 is 13.8 Å². The number of aliphatic imine (C=N–C) groups is 1. The Morgan fingerprint density at radius 2 is 2.00 bits per heavy atom. The molecule has 0 aliphatic carbocycles. The second-order valence-corrected chi connectivity index (χ2v) is 7.43. The average molecular weight is 346 g/mol. The molecule has 1 aliphatic rings. The summed E-state index contributed by atoms with van der Waals surface area (Å²) in [5.41, 5.74) is 1.87. The van der Waals surface area contributed by atoms with E-state index in [0.717, 1.165) is 54.1 Å². The van der Waals surface area contributed by atoms with Crippen molar-refractivity contribution in [2.24, 2.45) is 4.99 Å². The van der Waals surface area contributed by atoms with Crippen LogP contribution in [-0.2, 0) is 22.3 Å². The first-order valence-electron chi connectivity index (χ1n) is 8.30. The van der Waals surface area contributed by atoms with Crippen LogP contribution in [0.1, 0.15) is 36.3 Å². The number of aromatic nitrogens is 1. The third-order valence-corrected chi connectivity index (χ3v) is 5.34. The van der Waals surface area contributed by atoms with Gasteiger partial charge in [-0.3, -0.25) is 0 Å². The van der Waals surface area contributed by atoms with Gasteiger partial charge in [0.1, 0.15) is 18.1 Å². The first kappa shape index (κ1) is 17.0. The molecule has 0 amide bonds. The van der Waals surface area contributed by atoms with Crippen LogP contribution in [0.5, 0.6) is 0 Å². The predicted molar refractivity (Wildman–Crippen MR) is 93.9 cm³/mol. The number of benzene rings is 1. The summed E-state index contributed by atoms with van der Waals surface area (Å²) in [6.45, 7) is 3.29. The van der Waals surface area contributed by atoms with Crippen molar-refractivity contribution in [2.75, 3.05) is 18.9 Å². The van der Waals surface area contributed by atoms with Crippen LogP contribution in [0.15, 0.2) is 44.7 Å². The van der Waals surface area contributed by atoms with E-state index >= 15 is 0 Å². The Bertz CT molecular complexity index is 682. The predicted octanol–water partition coefficient (Wildman–Crippen LogP) is 3.28. The molecule has 3 rings (SSSR count). The number of ether oxygens (including phenoxy) is 1. The molecule has 0 saturated heterocycles. The molecule has 128 valence electrons. The fourth-order valence-electron chi connectivity index (χ4n) is 2.62. The summed E-state index contributed by atoms with van der Waals surface area (Å²) in [6.07, 6.45) is 3.90. The highest BCUT2D eigenvalue weighted by Crippen LogP contribution is 2.17. The maximum atomic E-state index is 12.3. The van der Waals surface area contributed by atoms with Crippen LogP contribution in [0.3, 0.4) is 0 Å². The van der Waals surface area contributed by atoms with E-state index in [1.165, 1.54) is 0 Å². The zero-order valence-electron chi connectivity index (χ0n) is 13.9. The van der Waals surface area contributed by atoms with Gasteiger partial charge in [0.25, 0.3) is 0 Å². The lowest BCUT2D eigenvalue weighted by atomic mass is 10.2. The maximum absolute atomic E-state index is 12.3. The quantitative estimate of drug-likeness (QED) is 0.543. The molecule has 1 aromatic heterocycles. The second kappa shape index (κ2) is 8.35. The van der Waals surface area contributed by atoms with Crippen molar-refractivity contribution in [1.82, 2.24) is 5.16 Å². The highest BCUT2D eigenvalue weighted by Gasteiger charge is 2.14. The van der Waals surface area contributed by atoms with Crippen LogP contribution in [0.4, 0.5) is 0 Å². The summed E-state index contributed by atoms with van der Waals surface area (Å²) in [5.74, 6) is 2.31. The molecule has 2 heterocycles. The third-order valence-electron chi connectivity index (χ3n) is 3.88. The summed E-state index contributed by atoms with van der Waals surface area (Å²) < 4.78 is 23.0. The molecule has 5 nitrogen and oxygen atoms in total. The van der Waals surface area contributed by atoms with Crippen molar-refractivity contribution in [3.8, 4) is 0 Å². The largest absolute Gasteiger partial charge is 0.611 e. The van der Waals surface area contributed by atoms with E-state index in [0.29, 0.717) is 18.3 Å². The molecule has 24 heavy (non-hydrogen) atoms. The van der Waals surface area contributed by atoms with Gasteiger partial charge in [-0.1, -0.05) is 5.16 Å². The average Bonchev–Trinajstić information content (AvgIpc) is 3.26. The summed E-state index contributed by atoms with van der Waals surface area (Å²) in [6, 6.07) is 9.66. The minimum absolute atomic E-state index is 0.649. The van der Waals surface area contributed by atoms with Crippen LogP contribution in [0.2, 0.25) is 0 Å². The van der Waals surface area contributed by atoms with Crippen LogP contribution in [0.25, 0.3) is 0 Å². The molecule has 0 fully saturated rings. The number of nitrogens with zero attached hydrogens (tertiary/aromatic N) is 2. The van der Waals surface area contributed by atoms with Gasteiger partial charge in [-0.25, -0.2) is 4.99 Å². The lowest BCUT2D eigenvalue weighted by Gasteiger charge is -2.10. The van der Waals surface area contributed by atoms with E-state index in [4.69, 9.17) is 9.26 Å². The fourth-order valence-corrected chi connectivity index (χ4v) is 3.76. The Hall–Kier alpha value is -1.79. The highest BCUT2D eigenvalue weighted by atomic mass is 32.2. The second-order valence-electron chi connectivity index (χ2n) is 5.85. The zero-order chi connectivity index (χ0) is 16.8. The number of aryl methyl sites for hydroxylation is 2. The van der Waals surface area contributed by atoms with E-state index in [2.05, 4.69) is 10.1 Å². The van der Waals surface area contributed by atoms with Crippen molar-refractivity contribution in [1.29, 1.82) is 0 Å². The Labute approximate surface area is 145 Å². The first-order valence-corrected chi connectivity index (χ1v) is 9.62. The molecule has 1 aliphatic heterocycles. The summed E-state index contributed by atoms with van der Waals surface area (Å²) in [4.78, 5) is 5.15. The summed E-state index contributed by atoms with van der Waals surface area (Å²) in [7, 11) is 0. The van der Waals surface area contributed by atoms with Crippen molar-refractivity contribution >= 4 is 17.1 Å². The molecule has 6 heteroatoms. The van der Waals surface area contributed by atoms with Gasteiger partial charge in [-0.15, -0.1) is 0 Å². The van der Waals surface area contributed by atoms with Gasteiger partial charge in [0.2, 0.25) is 5.90 Å². The summed E-state index contributed by atoms with van der Waals surface area (Å²) in [5, 5.41) is 3.88. The van der Waals surface area contributed by atoms with E-state index in [-0.39, 0.29) is 0 Å². The van der Waals surface area contributed by atoms with Crippen LogP contribution >= 0.6 is 0 Å². The van der Waals surface area contributed by atoms with Gasteiger partial charge in [0.05, 0.1) is 12.2 Å². The number of rotatable bonds is 8. The van der Waals surface area contributed by atoms with Crippen molar-refractivity contribution in [2.45, 2.75) is 37.5 Å². The minimum atomic E-state index is -0.953. The van der Waals surface area contributed by atoms with Gasteiger partial charge in [0.15, 0.2) is 4.90 Å². The monoisotopic (exact) mass is 346 g/mol. The molecule has 0 spiro atoms. The Morgan fingerprint density at radius 1 is 1.17 bits per heavy atom. The first-order chi connectivity index (χ1) is 11.7. The summed E-state index contributed by atoms with van der Waals surface area (Å²) >= 11 is -0.953. The number of hydrogen-bond acceptors (Lipinski definition) is 5. The molecule has 0 radical (unpaired) electrons. The maximum Gasteiger partial charge on any atom is 0.216 e. The molecule has 2 aromatic rings. The topological polar surface area (TPSA) is 70.7 Å². The molecule has 0 saturated carbocycles. The molecule has 1 atom stereocenters. The Kier molecular flexibility index (Phi) is 5.93. The van der Waals surface area contributed by atoms with E-state index in [9.17, 15) is 4.55 Å².